The van der Waals surface area contributed by atoms with Crippen molar-refractivity contribution in [3.63, 3.8) is 0 Å². The highest BCUT2D eigenvalue weighted by Gasteiger charge is 2.36. The van der Waals surface area contributed by atoms with Gasteiger partial charge in [-0.05, 0) is 47.9 Å². The van der Waals surface area contributed by atoms with Crippen molar-refractivity contribution >= 4 is 35.6 Å². The van der Waals surface area contributed by atoms with Crippen molar-refractivity contribution < 1.29 is 28.7 Å². The van der Waals surface area contributed by atoms with Gasteiger partial charge in [-0.25, -0.2) is 14.5 Å². The van der Waals surface area contributed by atoms with Gasteiger partial charge in [-0.1, -0.05) is 31.2 Å². The Bertz CT molecular complexity index is 1010. The second-order valence-electron chi connectivity index (χ2n) is 6.41. The summed E-state index contributed by atoms with van der Waals surface area (Å²) in [5, 5.41) is 2.19. The summed E-state index contributed by atoms with van der Waals surface area (Å²) in [6, 6.07) is 12.6. The van der Waals surface area contributed by atoms with E-state index in [0.29, 0.717) is 17.0 Å². The second-order valence-corrected chi connectivity index (χ2v) is 6.41. The molecule has 1 fully saturated rings. The number of aryl methyl sites for hydroxylation is 1. The third-order valence-electron chi connectivity index (χ3n) is 4.48. The lowest BCUT2D eigenvalue weighted by atomic mass is 10.1. The Morgan fingerprint density at radius 1 is 1.03 bits per heavy atom. The van der Waals surface area contributed by atoms with E-state index in [-0.39, 0.29) is 12.2 Å². The van der Waals surface area contributed by atoms with Crippen molar-refractivity contribution in [2.75, 3.05) is 18.6 Å². The summed E-state index contributed by atoms with van der Waals surface area (Å²) in [5.74, 6) is -1.56. The molecule has 2 aromatic carbocycles. The van der Waals surface area contributed by atoms with E-state index < -0.39 is 23.8 Å². The molecular formula is C22H20N2O6. The van der Waals surface area contributed by atoms with Gasteiger partial charge in [0.05, 0.1) is 12.8 Å². The standard InChI is InChI=1S/C22H20N2O6/c1-3-14-4-8-16(9-5-14)24-21(27)18(20(26)23-22(24)28)12-15-6-10-17(11-7-15)30-13-19(25)29-2/h4-12H,3,13H2,1-2H3,(H,23,26,28)/b18-12-. The average Bonchev–Trinajstić information content (AvgIpc) is 2.76. The number of esters is 1. The maximum atomic E-state index is 12.9. The molecule has 0 radical (unpaired) electrons. The van der Waals surface area contributed by atoms with Gasteiger partial charge in [-0.2, -0.15) is 0 Å². The van der Waals surface area contributed by atoms with Crippen LogP contribution in [0.3, 0.4) is 0 Å². The second kappa shape index (κ2) is 9.04. The number of imide groups is 2. The first-order valence-electron chi connectivity index (χ1n) is 9.23. The highest BCUT2D eigenvalue weighted by molar-refractivity contribution is 6.39. The van der Waals surface area contributed by atoms with E-state index in [1.165, 1.54) is 13.2 Å². The number of nitrogens with one attached hydrogen (secondary N) is 1. The molecule has 0 saturated carbocycles. The van der Waals surface area contributed by atoms with Crippen LogP contribution in [0.5, 0.6) is 5.75 Å². The number of rotatable bonds is 6. The van der Waals surface area contributed by atoms with Crippen LogP contribution < -0.4 is 15.0 Å². The van der Waals surface area contributed by atoms with E-state index in [9.17, 15) is 19.2 Å². The van der Waals surface area contributed by atoms with Crippen molar-refractivity contribution in [2.24, 2.45) is 0 Å². The third kappa shape index (κ3) is 4.54. The Labute approximate surface area is 173 Å². The molecule has 3 rings (SSSR count). The fraction of sp³-hybridized carbons (Fsp3) is 0.182. The van der Waals surface area contributed by atoms with Crippen LogP contribution in [0.1, 0.15) is 18.1 Å². The van der Waals surface area contributed by atoms with E-state index in [1.54, 1.807) is 36.4 Å². The number of nitrogens with zero attached hydrogens (tertiary/aromatic N) is 1. The quantitative estimate of drug-likeness (QED) is 0.448. The Kier molecular flexibility index (Phi) is 6.26. The Hall–Kier alpha value is -3.94. The average molecular weight is 408 g/mol. The predicted molar refractivity (Wildman–Crippen MR) is 109 cm³/mol. The molecule has 0 aliphatic carbocycles. The summed E-state index contributed by atoms with van der Waals surface area (Å²) in [7, 11) is 1.26. The van der Waals surface area contributed by atoms with Crippen molar-refractivity contribution in [3.05, 3.63) is 65.2 Å². The minimum Gasteiger partial charge on any atom is -0.482 e. The van der Waals surface area contributed by atoms with Gasteiger partial charge in [0.15, 0.2) is 6.61 Å². The molecule has 4 amide bonds. The van der Waals surface area contributed by atoms with Crippen LogP contribution in [0.25, 0.3) is 6.08 Å². The zero-order valence-electron chi connectivity index (χ0n) is 16.5. The van der Waals surface area contributed by atoms with E-state index in [2.05, 4.69) is 10.1 Å². The van der Waals surface area contributed by atoms with Crippen LogP contribution in [-0.2, 0) is 25.5 Å². The van der Waals surface area contributed by atoms with Crippen molar-refractivity contribution in [1.29, 1.82) is 0 Å². The molecule has 8 heteroatoms. The minimum atomic E-state index is -0.794. The van der Waals surface area contributed by atoms with Crippen molar-refractivity contribution in [1.82, 2.24) is 5.32 Å². The van der Waals surface area contributed by atoms with E-state index in [0.717, 1.165) is 16.9 Å². The minimum absolute atomic E-state index is 0.169. The zero-order chi connectivity index (χ0) is 21.7. The Morgan fingerprint density at radius 2 is 1.70 bits per heavy atom. The maximum absolute atomic E-state index is 12.9. The lowest BCUT2D eigenvalue weighted by Crippen LogP contribution is -2.54. The summed E-state index contributed by atoms with van der Waals surface area (Å²) < 4.78 is 9.76. The van der Waals surface area contributed by atoms with Gasteiger partial charge >= 0.3 is 12.0 Å². The molecule has 8 nitrogen and oxygen atoms in total. The van der Waals surface area contributed by atoms with Crippen LogP contribution in [0.4, 0.5) is 10.5 Å². The number of ether oxygens (including phenoxy) is 2. The SMILES string of the molecule is CCc1ccc(N2C(=O)NC(=O)/C(=C/c3ccc(OCC(=O)OC)cc3)C2=O)cc1. The maximum Gasteiger partial charge on any atom is 0.343 e. The molecule has 1 heterocycles. The van der Waals surface area contributed by atoms with Gasteiger partial charge in [-0.3, -0.25) is 14.9 Å². The Balaban J connectivity index is 1.82. The van der Waals surface area contributed by atoms with Gasteiger partial charge < -0.3 is 9.47 Å². The molecule has 1 N–H and O–H groups in total. The molecule has 0 bridgehead atoms. The number of hydrogen-bond donors (Lipinski definition) is 1. The fourth-order valence-electron chi connectivity index (χ4n) is 2.80. The van der Waals surface area contributed by atoms with Gasteiger partial charge in [0.2, 0.25) is 0 Å². The van der Waals surface area contributed by atoms with Crippen LogP contribution >= 0.6 is 0 Å². The summed E-state index contributed by atoms with van der Waals surface area (Å²) in [4.78, 5) is 49.4. The van der Waals surface area contributed by atoms with Crippen molar-refractivity contribution in [3.8, 4) is 5.75 Å². The van der Waals surface area contributed by atoms with Crippen LogP contribution in [0.2, 0.25) is 0 Å². The van der Waals surface area contributed by atoms with E-state index >= 15 is 0 Å². The highest BCUT2D eigenvalue weighted by Crippen LogP contribution is 2.23. The topological polar surface area (TPSA) is 102 Å². The monoisotopic (exact) mass is 408 g/mol. The normalized spacial score (nSPS) is 15.2. The number of carbonyl (C=O) groups is 4. The van der Waals surface area contributed by atoms with Gasteiger partial charge in [0.25, 0.3) is 11.8 Å². The number of urea groups is 1. The zero-order valence-corrected chi connectivity index (χ0v) is 16.5. The largest absolute Gasteiger partial charge is 0.482 e. The van der Waals surface area contributed by atoms with Gasteiger partial charge in [0, 0.05) is 0 Å². The molecule has 1 saturated heterocycles. The molecule has 0 atom stereocenters. The number of barbiturate groups is 1. The molecule has 2 aromatic rings. The number of methoxy groups -OCH3 is 1. The number of carbonyl (C=O) groups excluding carboxylic acids is 4. The van der Waals surface area contributed by atoms with Crippen LogP contribution in [0.15, 0.2) is 54.1 Å². The number of hydrogen-bond acceptors (Lipinski definition) is 6. The molecule has 154 valence electrons. The molecule has 30 heavy (non-hydrogen) atoms. The summed E-state index contributed by atoms with van der Waals surface area (Å²) in [5.41, 5.74) is 1.82. The first-order valence-corrected chi connectivity index (χ1v) is 9.23. The number of benzene rings is 2. The van der Waals surface area contributed by atoms with Gasteiger partial charge in [0.1, 0.15) is 11.3 Å². The lowest BCUT2D eigenvalue weighted by molar-refractivity contribution is -0.143. The summed E-state index contributed by atoms with van der Waals surface area (Å²) in [6.45, 7) is 1.77. The fourth-order valence-corrected chi connectivity index (χ4v) is 2.80. The highest BCUT2D eigenvalue weighted by atomic mass is 16.6. The summed E-state index contributed by atoms with van der Waals surface area (Å²) in [6.07, 6.45) is 2.21. The first-order chi connectivity index (χ1) is 14.4. The molecule has 0 aromatic heterocycles. The predicted octanol–water partition coefficient (Wildman–Crippen LogP) is 2.47. The van der Waals surface area contributed by atoms with Gasteiger partial charge in [-0.15, -0.1) is 0 Å². The van der Waals surface area contributed by atoms with E-state index in [1.807, 2.05) is 19.1 Å². The smallest absolute Gasteiger partial charge is 0.343 e. The van der Waals surface area contributed by atoms with Crippen molar-refractivity contribution in [2.45, 2.75) is 13.3 Å². The first kappa shape index (κ1) is 20.8. The van der Waals surface area contributed by atoms with E-state index in [4.69, 9.17) is 4.74 Å². The number of amides is 4. The van der Waals surface area contributed by atoms with Crippen LogP contribution in [0, 0.1) is 0 Å². The molecule has 1 aliphatic heterocycles. The lowest BCUT2D eigenvalue weighted by Gasteiger charge is -2.26. The molecule has 0 unspecified atom stereocenters. The summed E-state index contributed by atoms with van der Waals surface area (Å²) >= 11 is 0. The molecule has 1 aliphatic rings. The number of anilines is 1. The Morgan fingerprint density at radius 3 is 2.30 bits per heavy atom. The van der Waals surface area contributed by atoms with Crippen LogP contribution in [-0.4, -0.2) is 37.5 Å². The third-order valence-corrected chi connectivity index (χ3v) is 4.48. The molecular weight excluding hydrogens is 388 g/mol. The molecule has 0 spiro atoms.